The average Bonchev–Trinajstić information content (AvgIpc) is 2.53. The number of rotatable bonds is 3. The molecule has 112 valence electrons. The molecule has 0 bridgehead atoms. The number of amides is 1. The molecule has 1 saturated heterocycles. The van der Waals surface area contributed by atoms with E-state index in [0.29, 0.717) is 0 Å². The third kappa shape index (κ3) is 2.31. The summed E-state index contributed by atoms with van der Waals surface area (Å²) in [5.41, 5.74) is 0. The molecule has 2 saturated carbocycles. The van der Waals surface area contributed by atoms with Gasteiger partial charge in [-0.2, -0.15) is 0 Å². The minimum absolute atomic E-state index is 0.270. The van der Waals surface area contributed by atoms with Crippen molar-refractivity contribution in [2.45, 2.75) is 50.0 Å². The second kappa shape index (κ2) is 4.18. The van der Waals surface area contributed by atoms with Gasteiger partial charge in [-0.05, 0) is 17.8 Å². The molecule has 1 unspecified atom stereocenters. The van der Waals surface area contributed by atoms with E-state index in [2.05, 4.69) is 5.32 Å². The van der Waals surface area contributed by atoms with Crippen molar-refractivity contribution < 1.29 is 27.2 Å². The van der Waals surface area contributed by atoms with Crippen LogP contribution in [0.3, 0.4) is 0 Å². The van der Waals surface area contributed by atoms with Gasteiger partial charge in [0.2, 0.25) is 17.8 Å². The summed E-state index contributed by atoms with van der Waals surface area (Å²) in [6.07, 6.45) is -1.77. The van der Waals surface area contributed by atoms with Crippen LogP contribution >= 0.6 is 0 Å². The number of alkyl halides is 4. The Morgan fingerprint density at radius 2 is 1.40 bits per heavy atom. The van der Waals surface area contributed by atoms with Crippen molar-refractivity contribution >= 4 is 11.7 Å². The Balaban J connectivity index is 1.75. The number of halogens is 4. The van der Waals surface area contributed by atoms with Gasteiger partial charge in [0, 0.05) is 25.7 Å². The van der Waals surface area contributed by atoms with E-state index in [1.165, 1.54) is 0 Å². The first-order valence-corrected chi connectivity index (χ1v) is 6.75. The van der Waals surface area contributed by atoms with Gasteiger partial charge in [0.15, 0.2) is 5.78 Å². The lowest BCUT2D eigenvalue weighted by molar-refractivity contribution is -0.177. The lowest BCUT2D eigenvalue weighted by atomic mass is 9.59. The fourth-order valence-corrected chi connectivity index (χ4v) is 3.77. The molecule has 1 aliphatic heterocycles. The van der Waals surface area contributed by atoms with Gasteiger partial charge in [0.25, 0.3) is 0 Å². The Kier molecular flexibility index (Phi) is 2.89. The summed E-state index contributed by atoms with van der Waals surface area (Å²) in [7, 11) is 0. The molecule has 3 fully saturated rings. The molecule has 0 aromatic heterocycles. The molecule has 3 aliphatic rings. The third-order valence-corrected chi connectivity index (χ3v) is 4.72. The van der Waals surface area contributed by atoms with Crippen molar-refractivity contribution in [1.82, 2.24) is 5.32 Å². The zero-order valence-electron chi connectivity index (χ0n) is 10.7. The summed E-state index contributed by atoms with van der Waals surface area (Å²) in [6, 6.07) is -0.857. The van der Waals surface area contributed by atoms with E-state index in [1.807, 2.05) is 0 Å². The maximum absolute atomic E-state index is 13.0. The number of carbonyl (C=O) groups excluding carboxylic acids is 2. The molecule has 20 heavy (non-hydrogen) atoms. The second-order valence-electron chi connectivity index (χ2n) is 6.31. The monoisotopic (exact) mass is 293 g/mol. The lowest BCUT2D eigenvalue weighted by Crippen LogP contribution is -2.55. The lowest BCUT2D eigenvalue weighted by Gasteiger charge is -2.49. The Morgan fingerprint density at radius 1 is 0.950 bits per heavy atom. The minimum Gasteiger partial charge on any atom is -0.346 e. The van der Waals surface area contributed by atoms with Crippen molar-refractivity contribution in [3.8, 4) is 0 Å². The first kappa shape index (κ1) is 13.8. The number of carbonyl (C=O) groups is 2. The molecular formula is C13H15F4NO2. The zero-order chi connectivity index (χ0) is 14.7. The maximum atomic E-state index is 13.0. The van der Waals surface area contributed by atoms with E-state index in [4.69, 9.17) is 0 Å². The molecule has 0 radical (unpaired) electrons. The highest BCUT2D eigenvalue weighted by Gasteiger charge is 2.59. The summed E-state index contributed by atoms with van der Waals surface area (Å²) < 4.78 is 52.1. The topological polar surface area (TPSA) is 46.2 Å². The Hall–Kier alpha value is -1.14. The standard InChI is InChI=1S/C13H15F4NO2/c14-12(15)2-6(3-12)10(7-4-13(16,17)5-7)11-8(19)1-9(20)18-11/h6-7,10-11H,1-5H2,(H,18,20). The highest BCUT2D eigenvalue weighted by Crippen LogP contribution is 2.56. The SMILES string of the molecule is O=C1CC(=O)C(C(C2CC(F)(F)C2)C2CC(F)(F)C2)N1. The van der Waals surface area contributed by atoms with E-state index in [-0.39, 0.29) is 37.9 Å². The van der Waals surface area contributed by atoms with Gasteiger partial charge in [-0.25, -0.2) is 17.6 Å². The molecular weight excluding hydrogens is 278 g/mol. The summed E-state index contributed by atoms with van der Waals surface area (Å²) in [5, 5.41) is 2.48. The van der Waals surface area contributed by atoms with Gasteiger partial charge < -0.3 is 5.32 Å². The van der Waals surface area contributed by atoms with E-state index in [0.717, 1.165) is 0 Å². The number of hydrogen-bond donors (Lipinski definition) is 1. The largest absolute Gasteiger partial charge is 0.346 e. The molecule has 1 heterocycles. The highest BCUT2D eigenvalue weighted by molar-refractivity contribution is 6.07. The predicted molar refractivity (Wildman–Crippen MR) is 60.4 cm³/mol. The predicted octanol–water partition coefficient (Wildman–Crippen LogP) is 2.15. The van der Waals surface area contributed by atoms with Crippen molar-refractivity contribution in [2.75, 3.05) is 0 Å². The van der Waals surface area contributed by atoms with Crippen molar-refractivity contribution in [2.24, 2.45) is 17.8 Å². The molecule has 0 spiro atoms. The average molecular weight is 293 g/mol. The summed E-state index contributed by atoms with van der Waals surface area (Å²) in [5.74, 6) is -7.82. The Morgan fingerprint density at radius 3 is 1.70 bits per heavy atom. The number of nitrogens with one attached hydrogen (secondary N) is 1. The maximum Gasteiger partial charge on any atom is 0.248 e. The van der Waals surface area contributed by atoms with Gasteiger partial charge in [-0.15, -0.1) is 0 Å². The highest BCUT2D eigenvalue weighted by atomic mass is 19.3. The number of ketones is 1. The van der Waals surface area contributed by atoms with E-state index in [9.17, 15) is 27.2 Å². The van der Waals surface area contributed by atoms with Crippen LogP contribution in [0.5, 0.6) is 0 Å². The van der Waals surface area contributed by atoms with Crippen LogP contribution in [0.15, 0.2) is 0 Å². The fourth-order valence-electron chi connectivity index (χ4n) is 3.77. The van der Waals surface area contributed by atoms with Crippen LogP contribution in [0.4, 0.5) is 17.6 Å². The first-order valence-electron chi connectivity index (χ1n) is 6.75. The van der Waals surface area contributed by atoms with Gasteiger partial charge >= 0.3 is 0 Å². The van der Waals surface area contributed by atoms with Crippen LogP contribution in [0.2, 0.25) is 0 Å². The van der Waals surface area contributed by atoms with Gasteiger partial charge in [0.1, 0.15) is 0 Å². The van der Waals surface area contributed by atoms with Crippen LogP contribution in [0.1, 0.15) is 32.1 Å². The zero-order valence-corrected chi connectivity index (χ0v) is 10.7. The third-order valence-electron chi connectivity index (χ3n) is 4.72. The molecule has 3 rings (SSSR count). The summed E-state index contributed by atoms with van der Waals surface area (Å²) in [4.78, 5) is 23.0. The van der Waals surface area contributed by atoms with Crippen LogP contribution in [-0.4, -0.2) is 29.6 Å². The van der Waals surface area contributed by atoms with Crippen molar-refractivity contribution in [3.05, 3.63) is 0 Å². The van der Waals surface area contributed by atoms with Crippen molar-refractivity contribution in [1.29, 1.82) is 0 Å². The van der Waals surface area contributed by atoms with Gasteiger partial charge in [-0.1, -0.05) is 0 Å². The first-order chi connectivity index (χ1) is 9.17. The Labute approximate surface area is 113 Å². The smallest absolute Gasteiger partial charge is 0.248 e. The molecule has 1 N–H and O–H groups in total. The molecule has 1 amide bonds. The molecule has 0 aromatic carbocycles. The minimum atomic E-state index is -2.76. The second-order valence-corrected chi connectivity index (χ2v) is 6.31. The van der Waals surface area contributed by atoms with Crippen LogP contribution in [0.25, 0.3) is 0 Å². The molecule has 0 aromatic rings. The van der Waals surface area contributed by atoms with Gasteiger partial charge in [0.05, 0.1) is 12.5 Å². The van der Waals surface area contributed by atoms with Crippen LogP contribution < -0.4 is 5.32 Å². The number of Topliss-reactive ketones (excluding diaryl/α,β-unsaturated/α-hetero) is 1. The molecule has 1 atom stereocenters. The van der Waals surface area contributed by atoms with E-state index in [1.54, 1.807) is 0 Å². The van der Waals surface area contributed by atoms with Crippen molar-refractivity contribution in [3.63, 3.8) is 0 Å². The molecule has 3 nitrogen and oxygen atoms in total. The van der Waals surface area contributed by atoms with E-state index < -0.39 is 41.5 Å². The van der Waals surface area contributed by atoms with E-state index >= 15 is 0 Å². The number of hydrogen-bond acceptors (Lipinski definition) is 2. The van der Waals surface area contributed by atoms with Gasteiger partial charge in [-0.3, -0.25) is 9.59 Å². The summed E-state index contributed by atoms with van der Waals surface area (Å²) in [6.45, 7) is 0. The molecule has 2 aliphatic carbocycles. The van der Waals surface area contributed by atoms with Crippen LogP contribution in [-0.2, 0) is 9.59 Å². The molecule has 7 heteroatoms. The fraction of sp³-hybridized carbons (Fsp3) is 0.846. The Bertz CT molecular complexity index is 425. The summed E-state index contributed by atoms with van der Waals surface area (Å²) >= 11 is 0. The quantitative estimate of drug-likeness (QED) is 0.640. The van der Waals surface area contributed by atoms with Crippen LogP contribution in [0, 0.1) is 17.8 Å². The normalized spacial score (nSPS) is 33.0.